The average molecular weight is 419 g/mol. The lowest BCUT2D eigenvalue weighted by molar-refractivity contribution is -0.130. The molecular weight excluding hydrogens is 392 g/mol. The molecule has 0 bridgehead atoms. The molecule has 7 nitrogen and oxygen atoms in total. The maximum Gasteiger partial charge on any atom is 0.262 e. The minimum absolute atomic E-state index is 0.00879. The maximum absolute atomic E-state index is 12.7. The highest BCUT2D eigenvalue weighted by Gasteiger charge is 2.45. The first-order valence-corrected chi connectivity index (χ1v) is 10.9. The molecule has 29 heavy (non-hydrogen) atoms. The first-order valence-electron chi connectivity index (χ1n) is 9.46. The predicted molar refractivity (Wildman–Crippen MR) is 111 cm³/mol. The molecule has 2 aromatic carbocycles. The summed E-state index contributed by atoms with van der Waals surface area (Å²) < 4.78 is 37.9. The van der Waals surface area contributed by atoms with Crippen LogP contribution in [0.4, 0.5) is 5.69 Å². The molecule has 1 aliphatic carbocycles. The SMILES string of the molecule is COCCNC(=O)C1(c2ccc(NS(=O)(=O)c3cccc(OC)c3)cc2)CCC1. The molecule has 2 N–H and O–H groups in total. The van der Waals surface area contributed by atoms with Gasteiger partial charge in [0.05, 0.1) is 24.0 Å². The fraction of sp³-hybridized carbons (Fsp3) is 0.381. The van der Waals surface area contributed by atoms with E-state index in [1.165, 1.54) is 19.2 Å². The van der Waals surface area contributed by atoms with Crippen molar-refractivity contribution in [1.82, 2.24) is 5.32 Å². The second-order valence-electron chi connectivity index (χ2n) is 7.05. The number of anilines is 1. The molecule has 0 heterocycles. The van der Waals surface area contributed by atoms with Crippen molar-refractivity contribution in [2.24, 2.45) is 0 Å². The minimum Gasteiger partial charge on any atom is -0.497 e. The van der Waals surface area contributed by atoms with E-state index in [0.29, 0.717) is 24.6 Å². The van der Waals surface area contributed by atoms with Crippen molar-refractivity contribution < 1.29 is 22.7 Å². The number of nitrogens with one attached hydrogen (secondary N) is 2. The first kappa shape index (κ1) is 21.1. The molecule has 0 unspecified atom stereocenters. The lowest BCUT2D eigenvalue weighted by atomic mass is 9.64. The fourth-order valence-corrected chi connectivity index (χ4v) is 4.55. The van der Waals surface area contributed by atoms with Gasteiger partial charge in [-0.25, -0.2) is 8.42 Å². The van der Waals surface area contributed by atoms with Crippen LogP contribution in [0.3, 0.4) is 0 Å². The van der Waals surface area contributed by atoms with Crippen LogP contribution in [0.15, 0.2) is 53.4 Å². The van der Waals surface area contributed by atoms with Crippen molar-refractivity contribution in [3.05, 3.63) is 54.1 Å². The summed E-state index contributed by atoms with van der Waals surface area (Å²) >= 11 is 0. The fourth-order valence-electron chi connectivity index (χ4n) is 3.45. The van der Waals surface area contributed by atoms with E-state index in [0.717, 1.165) is 24.8 Å². The zero-order valence-corrected chi connectivity index (χ0v) is 17.4. The van der Waals surface area contributed by atoms with Crippen molar-refractivity contribution in [2.75, 3.05) is 32.1 Å². The van der Waals surface area contributed by atoms with Crippen molar-refractivity contribution in [3.8, 4) is 5.75 Å². The van der Waals surface area contributed by atoms with Crippen LogP contribution < -0.4 is 14.8 Å². The molecule has 1 saturated carbocycles. The number of amides is 1. The van der Waals surface area contributed by atoms with Crippen molar-refractivity contribution in [1.29, 1.82) is 0 Å². The summed E-state index contributed by atoms with van der Waals surface area (Å²) in [5.74, 6) is 0.458. The quantitative estimate of drug-likeness (QED) is 0.611. The zero-order chi connectivity index (χ0) is 20.9. The van der Waals surface area contributed by atoms with Gasteiger partial charge in [-0.1, -0.05) is 24.6 Å². The molecule has 0 atom stereocenters. The number of sulfonamides is 1. The Morgan fingerprint density at radius 3 is 2.41 bits per heavy atom. The molecule has 156 valence electrons. The molecule has 1 amide bonds. The smallest absolute Gasteiger partial charge is 0.262 e. The number of benzene rings is 2. The Bertz CT molecular complexity index is 953. The number of hydrogen-bond acceptors (Lipinski definition) is 5. The van der Waals surface area contributed by atoms with Crippen LogP contribution in [-0.4, -0.2) is 41.7 Å². The Hall–Kier alpha value is -2.58. The predicted octanol–water partition coefficient (Wildman–Crippen LogP) is 2.68. The Morgan fingerprint density at radius 1 is 1.10 bits per heavy atom. The van der Waals surface area contributed by atoms with E-state index in [-0.39, 0.29) is 10.8 Å². The van der Waals surface area contributed by atoms with Gasteiger partial charge in [0.25, 0.3) is 10.0 Å². The molecule has 0 spiro atoms. The number of carbonyl (C=O) groups excluding carboxylic acids is 1. The maximum atomic E-state index is 12.7. The normalized spacial score (nSPS) is 15.2. The third-order valence-electron chi connectivity index (χ3n) is 5.27. The highest BCUT2D eigenvalue weighted by Crippen LogP contribution is 2.44. The summed E-state index contributed by atoms with van der Waals surface area (Å²) in [6, 6.07) is 13.3. The van der Waals surface area contributed by atoms with Gasteiger partial charge in [-0.2, -0.15) is 0 Å². The highest BCUT2D eigenvalue weighted by atomic mass is 32.2. The topological polar surface area (TPSA) is 93.7 Å². The molecule has 0 saturated heterocycles. The van der Waals surface area contributed by atoms with Gasteiger partial charge < -0.3 is 14.8 Å². The van der Waals surface area contributed by atoms with Crippen LogP contribution in [0.5, 0.6) is 5.75 Å². The van der Waals surface area contributed by atoms with Crippen molar-refractivity contribution in [3.63, 3.8) is 0 Å². The van der Waals surface area contributed by atoms with Gasteiger partial charge in [0.2, 0.25) is 5.91 Å². The number of methoxy groups -OCH3 is 2. The third kappa shape index (κ3) is 4.54. The standard InChI is InChI=1S/C21H26N2O5S/c1-27-14-13-22-20(24)21(11-4-12-21)16-7-9-17(10-8-16)23-29(25,26)19-6-3-5-18(15-19)28-2/h3,5-10,15,23H,4,11-14H2,1-2H3,(H,22,24). The Morgan fingerprint density at radius 2 is 1.83 bits per heavy atom. The summed E-state index contributed by atoms with van der Waals surface area (Å²) in [6.45, 7) is 0.933. The molecule has 1 aliphatic rings. The van der Waals surface area contributed by atoms with Crippen molar-refractivity contribution in [2.45, 2.75) is 29.6 Å². The third-order valence-corrected chi connectivity index (χ3v) is 6.65. The highest BCUT2D eigenvalue weighted by molar-refractivity contribution is 7.92. The van der Waals surface area contributed by atoms with Crippen LogP contribution >= 0.6 is 0 Å². The molecule has 8 heteroatoms. The second-order valence-corrected chi connectivity index (χ2v) is 8.73. The summed E-state index contributed by atoms with van der Waals surface area (Å²) in [6.07, 6.45) is 2.54. The van der Waals surface area contributed by atoms with Gasteiger partial charge in [-0.3, -0.25) is 9.52 Å². The van der Waals surface area contributed by atoms with Gasteiger partial charge in [0.1, 0.15) is 5.75 Å². The monoisotopic (exact) mass is 418 g/mol. The molecule has 0 aromatic heterocycles. The molecule has 0 radical (unpaired) electrons. The van der Waals surface area contributed by atoms with Crippen LogP contribution in [0, 0.1) is 0 Å². The van der Waals surface area contributed by atoms with Gasteiger partial charge in [0.15, 0.2) is 0 Å². The lowest BCUT2D eigenvalue weighted by Gasteiger charge is -2.40. The molecular formula is C21H26N2O5S. The van der Waals surface area contributed by atoms with Gasteiger partial charge in [0, 0.05) is 25.4 Å². The Labute approximate surface area is 171 Å². The number of ether oxygens (including phenoxy) is 2. The lowest BCUT2D eigenvalue weighted by Crippen LogP contribution is -2.49. The van der Waals surface area contributed by atoms with Crippen LogP contribution in [-0.2, 0) is 25.0 Å². The summed E-state index contributed by atoms with van der Waals surface area (Å²) in [5, 5.41) is 2.92. The summed E-state index contributed by atoms with van der Waals surface area (Å²) in [7, 11) is -0.661. The second kappa shape index (κ2) is 8.84. The van der Waals surface area contributed by atoms with E-state index in [1.807, 2.05) is 12.1 Å². The van der Waals surface area contributed by atoms with E-state index in [2.05, 4.69) is 10.0 Å². The van der Waals surface area contributed by atoms with Gasteiger partial charge in [-0.15, -0.1) is 0 Å². The van der Waals surface area contributed by atoms with Crippen LogP contribution in [0.1, 0.15) is 24.8 Å². The summed E-state index contributed by atoms with van der Waals surface area (Å²) in [4.78, 5) is 12.8. The molecule has 3 rings (SSSR count). The largest absolute Gasteiger partial charge is 0.497 e. The van der Waals surface area contributed by atoms with E-state index in [1.54, 1.807) is 31.4 Å². The Kier molecular flexibility index (Phi) is 6.44. The first-order chi connectivity index (χ1) is 13.9. The van der Waals surface area contributed by atoms with E-state index < -0.39 is 15.4 Å². The van der Waals surface area contributed by atoms with E-state index in [4.69, 9.17) is 9.47 Å². The van der Waals surface area contributed by atoms with E-state index >= 15 is 0 Å². The zero-order valence-electron chi connectivity index (χ0n) is 16.6. The number of hydrogen-bond donors (Lipinski definition) is 2. The summed E-state index contributed by atoms with van der Waals surface area (Å²) in [5.41, 5.74) is 0.784. The van der Waals surface area contributed by atoms with E-state index in [9.17, 15) is 13.2 Å². The van der Waals surface area contributed by atoms with Gasteiger partial charge in [-0.05, 0) is 42.7 Å². The average Bonchev–Trinajstić information content (AvgIpc) is 2.68. The van der Waals surface area contributed by atoms with Crippen molar-refractivity contribution >= 4 is 21.6 Å². The number of rotatable bonds is 9. The van der Waals surface area contributed by atoms with Gasteiger partial charge >= 0.3 is 0 Å². The minimum atomic E-state index is -3.74. The molecule has 0 aliphatic heterocycles. The number of carbonyl (C=O) groups is 1. The Balaban J connectivity index is 1.75. The van der Waals surface area contributed by atoms with Crippen LogP contribution in [0.25, 0.3) is 0 Å². The molecule has 2 aromatic rings. The molecule has 1 fully saturated rings. The van der Waals surface area contributed by atoms with Crippen LogP contribution in [0.2, 0.25) is 0 Å².